The zero-order valence-corrected chi connectivity index (χ0v) is 15.2. The number of aromatic nitrogens is 2. The molecule has 0 aliphatic rings. The molecule has 0 radical (unpaired) electrons. The molecule has 0 saturated heterocycles. The Balaban J connectivity index is 1.62. The normalized spacial score (nSPS) is 11.5. The third kappa shape index (κ3) is 3.17. The molecule has 25 heavy (non-hydrogen) atoms. The number of hydrogen-bond donors (Lipinski definition) is 1. The summed E-state index contributed by atoms with van der Waals surface area (Å²) in [6.07, 6.45) is 0. The summed E-state index contributed by atoms with van der Waals surface area (Å²) < 4.78 is 12.4. The lowest BCUT2D eigenvalue weighted by molar-refractivity contribution is 0.341. The summed E-state index contributed by atoms with van der Waals surface area (Å²) in [4.78, 5) is 9.11. The van der Waals surface area contributed by atoms with E-state index in [1.165, 1.54) is 5.56 Å². The van der Waals surface area contributed by atoms with Gasteiger partial charge in [-0.1, -0.05) is 31.3 Å². The highest BCUT2D eigenvalue weighted by atomic mass is 32.1. The van der Waals surface area contributed by atoms with Crippen molar-refractivity contribution in [3.05, 3.63) is 42.0 Å². The fraction of sp³-hybridized carbons (Fsp3) is 0.263. The fourth-order valence-electron chi connectivity index (χ4n) is 2.66. The first kappa shape index (κ1) is 15.9. The molecular formula is C19H19N3O2S. The van der Waals surface area contributed by atoms with E-state index >= 15 is 0 Å². The topological polar surface area (TPSA) is 60.2 Å². The first-order valence-corrected chi connectivity index (χ1v) is 9.15. The second-order valence-electron chi connectivity index (χ2n) is 6.11. The first-order valence-electron chi connectivity index (χ1n) is 8.33. The summed E-state index contributed by atoms with van der Waals surface area (Å²) in [5.41, 5.74) is 3.80. The van der Waals surface area contributed by atoms with E-state index in [1.54, 1.807) is 11.3 Å². The van der Waals surface area contributed by atoms with Crippen LogP contribution in [0.5, 0.6) is 5.75 Å². The van der Waals surface area contributed by atoms with Crippen LogP contribution in [-0.2, 0) is 0 Å². The Kier molecular flexibility index (Phi) is 4.05. The molecule has 0 aliphatic carbocycles. The number of hydrogen-bond acceptors (Lipinski definition) is 6. The van der Waals surface area contributed by atoms with Crippen molar-refractivity contribution >= 4 is 43.8 Å². The minimum Gasteiger partial charge on any atom is -0.494 e. The van der Waals surface area contributed by atoms with Gasteiger partial charge in [0.2, 0.25) is 0 Å². The van der Waals surface area contributed by atoms with Gasteiger partial charge in [-0.15, -0.1) is 0 Å². The molecule has 4 aromatic rings. The van der Waals surface area contributed by atoms with Gasteiger partial charge in [-0.2, -0.15) is 4.98 Å². The second kappa shape index (κ2) is 6.37. The molecule has 128 valence electrons. The lowest BCUT2D eigenvalue weighted by Crippen LogP contribution is -1.90. The van der Waals surface area contributed by atoms with Crippen molar-refractivity contribution in [1.29, 1.82) is 0 Å². The lowest BCUT2D eigenvalue weighted by Gasteiger charge is -2.02. The van der Waals surface area contributed by atoms with Crippen molar-refractivity contribution in [3.63, 3.8) is 0 Å². The molecule has 6 heteroatoms. The molecule has 0 amide bonds. The smallest absolute Gasteiger partial charge is 0.302 e. The zero-order chi connectivity index (χ0) is 17.4. The van der Waals surface area contributed by atoms with Gasteiger partial charge in [0.15, 0.2) is 10.7 Å². The van der Waals surface area contributed by atoms with Gasteiger partial charge in [0, 0.05) is 0 Å². The molecule has 0 atom stereocenters. The Labute approximate surface area is 149 Å². The number of fused-ring (bicyclic) bond motifs is 2. The third-order valence-corrected chi connectivity index (χ3v) is 4.90. The van der Waals surface area contributed by atoms with Gasteiger partial charge in [0.05, 0.1) is 16.8 Å². The third-order valence-electron chi connectivity index (χ3n) is 3.96. The van der Waals surface area contributed by atoms with E-state index < -0.39 is 0 Å². The SMILES string of the molecule is CCOc1ccc2nc(Nc3nc4cc(C(C)C)ccc4o3)sc2c1. The van der Waals surface area contributed by atoms with Crippen LogP contribution in [0.15, 0.2) is 40.8 Å². The van der Waals surface area contributed by atoms with Crippen molar-refractivity contribution in [1.82, 2.24) is 9.97 Å². The monoisotopic (exact) mass is 353 g/mol. The standard InChI is InChI=1S/C19H19N3O2S/c1-4-23-13-6-7-14-17(10-13)25-19(21-14)22-18-20-15-9-12(11(2)3)5-8-16(15)24-18/h5-11H,4H2,1-3H3,(H,20,21,22). The Morgan fingerprint density at radius 2 is 2.00 bits per heavy atom. The molecule has 0 fully saturated rings. The molecule has 0 unspecified atom stereocenters. The van der Waals surface area contributed by atoms with Crippen LogP contribution in [0.25, 0.3) is 21.3 Å². The maximum absolute atomic E-state index is 5.78. The number of anilines is 2. The maximum atomic E-state index is 5.78. The van der Waals surface area contributed by atoms with Crippen LogP contribution in [0.3, 0.4) is 0 Å². The number of rotatable bonds is 5. The van der Waals surface area contributed by atoms with Gasteiger partial charge in [-0.3, -0.25) is 5.32 Å². The van der Waals surface area contributed by atoms with Crippen LogP contribution in [0.4, 0.5) is 11.1 Å². The number of benzene rings is 2. The Bertz CT molecular complexity index is 1040. The Morgan fingerprint density at radius 1 is 1.12 bits per heavy atom. The molecule has 5 nitrogen and oxygen atoms in total. The minimum absolute atomic E-state index is 0.458. The van der Waals surface area contributed by atoms with E-state index in [0.717, 1.165) is 32.2 Å². The quantitative estimate of drug-likeness (QED) is 0.498. The molecule has 4 rings (SSSR count). The van der Waals surface area contributed by atoms with Crippen LogP contribution in [0.1, 0.15) is 32.3 Å². The molecule has 0 bridgehead atoms. The predicted molar refractivity (Wildman–Crippen MR) is 102 cm³/mol. The molecule has 0 saturated carbocycles. The van der Waals surface area contributed by atoms with Gasteiger partial charge in [-0.25, -0.2) is 4.98 Å². The zero-order valence-electron chi connectivity index (χ0n) is 14.4. The van der Waals surface area contributed by atoms with Gasteiger partial charge < -0.3 is 9.15 Å². The van der Waals surface area contributed by atoms with E-state index in [0.29, 0.717) is 18.5 Å². The molecule has 0 aliphatic heterocycles. The number of thiazole rings is 1. The summed E-state index contributed by atoms with van der Waals surface area (Å²) in [6.45, 7) is 6.95. The van der Waals surface area contributed by atoms with Crippen molar-refractivity contribution in [2.75, 3.05) is 11.9 Å². The number of nitrogens with zero attached hydrogens (tertiary/aromatic N) is 2. The lowest BCUT2D eigenvalue weighted by atomic mass is 10.0. The highest BCUT2D eigenvalue weighted by molar-refractivity contribution is 7.22. The molecule has 2 heterocycles. The predicted octanol–water partition coefficient (Wildman–Crippen LogP) is 5.70. The highest BCUT2D eigenvalue weighted by Crippen LogP contribution is 2.32. The minimum atomic E-state index is 0.458. The van der Waals surface area contributed by atoms with Crippen LogP contribution in [0.2, 0.25) is 0 Å². The molecular weight excluding hydrogens is 334 g/mol. The summed E-state index contributed by atoms with van der Waals surface area (Å²) in [5, 5.41) is 3.92. The van der Waals surface area contributed by atoms with Crippen molar-refractivity contribution in [2.45, 2.75) is 26.7 Å². The van der Waals surface area contributed by atoms with Crippen LogP contribution in [0, 0.1) is 0 Å². The summed E-state index contributed by atoms with van der Waals surface area (Å²) >= 11 is 1.55. The molecule has 0 spiro atoms. The number of oxazole rings is 1. The van der Waals surface area contributed by atoms with Gasteiger partial charge in [0.25, 0.3) is 0 Å². The second-order valence-corrected chi connectivity index (χ2v) is 7.14. The molecule has 2 aromatic heterocycles. The molecule has 1 N–H and O–H groups in total. The first-order chi connectivity index (χ1) is 12.1. The summed E-state index contributed by atoms with van der Waals surface area (Å²) in [7, 11) is 0. The van der Waals surface area contributed by atoms with E-state index in [9.17, 15) is 0 Å². The Morgan fingerprint density at radius 3 is 2.80 bits per heavy atom. The van der Waals surface area contributed by atoms with Gasteiger partial charge in [-0.05, 0) is 48.7 Å². The largest absolute Gasteiger partial charge is 0.494 e. The Hall–Kier alpha value is -2.60. The molecule has 2 aromatic carbocycles. The summed E-state index contributed by atoms with van der Waals surface area (Å²) in [5.74, 6) is 1.31. The van der Waals surface area contributed by atoms with Crippen molar-refractivity contribution < 1.29 is 9.15 Å². The van der Waals surface area contributed by atoms with E-state index in [1.807, 2.05) is 31.2 Å². The van der Waals surface area contributed by atoms with E-state index in [-0.39, 0.29) is 0 Å². The summed E-state index contributed by atoms with van der Waals surface area (Å²) in [6, 6.07) is 12.5. The van der Waals surface area contributed by atoms with Crippen molar-refractivity contribution in [3.8, 4) is 5.75 Å². The van der Waals surface area contributed by atoms with Crippen molar-refractivity contribution in [2.24, 2.45) is 0 Å². The van der Waals surface area contributed by atoms with Crippen LogP contribution < -0.4 is 10.1 Å². The number of nitrogens with one attached hydrogen (secondary N) is 1. The average Bonchev–Trinajstić information content (AvgIpc) is 3.16. The average molecular weight is 353 g/mol. The maximum Gasteiger partial charge on any atom is 0.302 e. The van der Waals surface area contributed by atoms with Gasteiger partial charge in [0.1, 0.15) is 11.3 Å². The van der Waals surface area contributed by atoms with Crippen LogP contribution >= 0.6 is 11.3 Å². The van der Waals surface area contributed by atoms with E-state index in [4.69, 9.17) is 9.15 Å². The number of ether oxygens (including phenoxy) is 1. The highest BCUT2D eigenvalue weighted by Gasteiger charge is 2.11. The van der Waals surface area contributed by atoms with Crippen LogP contribution in [-0.4, -0.2) is 16.6 Å². The fourth-order valence-corrected chi connectivity index (χ4v) is 3.55. The van der Waals surface area contributed by atoms with Gasteiger partial charge >= 0.3 is 6.01 Å². The van der Waals surface area contributed by atoms with E-state index in [2.05, 4.69) is 41.3 Å².